The third-order valence-electron chi connectivity index (χ3n) is 7.21. The largest absolute Gasteiger partial charge is 0.453 e. The van der Waals surface area contributed by atoms with Crippen LogP contribution in [-0.2, 0) is 11.2 Å². The van der Waals surface area contributed by atoms with E-state index in [2.05, 4.69) is 41.8 Å². The number of para-hydroxylation sites is 2. The molecule has 1 unspecified atom stereocenters. The SMILES string of the molecule is CCCCN1c2ccccc2Oc2ccc(C(=O)C(C)(Cc3ccccc3)N3CCOCC3)cc21. The third-order valence-corrected chi connectivity index (χ3v) is 7.21. The maximum absolute atomic E-state index is 14.3. The zero-order chi connectivity index (χ0) is 24.3. The molecule has 0 spiro atoms. The molecule has 1 atom stereocenters. The molecule has 2 aliphatic rings. The second-order valence-corrected chi connectivity index (χ2v) is 9.62. The van der Waals surface area contributed by atoms with E-state index in [0.717, 1.165) is 66.5 Å². The third kappa shape index (κ3) is 4.71. The van der Waals surface area contributed by atoms with Gasteiger partial charge in [-0.1, -0.05) is 55.8 Å². The average Bonchev–Trinajstić information content (AvgIpc) is 2.91. The average molecular weight is 471 g/mol. The minimum atomic E-state index is -0.666. The lowest BCUT2D eigenvalue weighted by molar-refractivity contribution is -0.00948. The number of rotatable bonds is 8. The van der Waals surface area contributed by atoms with Gasteiger partial charge >= 0.3 is 0 Å². The predicted octanol–water partition coefficient (Wildman–Crippen LogP) is 6.25. The standard InChI is InChI=1S/C30H34N2O3/c1-3-4-16-32-25-12-8-9-13-27(25)35-28-15-14-24(21-26(28)32)29(33)30(2,31-17-19-34-20-18-31)22-23-10-6-5-7-11-23/h5-15,21H,3-4,16-20,22H2,1-2H3. The summed E-state index contributed by atoms with van der Waals surface area (Å²) in [7, 11) is 0. The van der Waals surface area contributed by atoms with E-state index in [9.17, 15) is 4.79 Å². The van der Waals surface area contributed by atoms with E-state index in [0.29, 0.717) is 19.6 Å². The number of hydrogen-bond donors (Lipinski definition) is 0. The van der Waals surface area contributed by atoms with Crippen LogP contribution in [0.2, 0.25) is 0 Å². The van der Waals surface area contributed by atoms with Crippen LogP contribution in [0.5, 0.6) is 11.5 Å². The molecule has 1 saturated heterocycles. The highest BCUT2D eigenvalue weighted by Gasteiger charge is 2.41. The molecular formula is C30H34N2O3. The molecule has 2 heterocycles. The summed E-state index contributed by atoms with van der Waals surface area (Å²) in [6.45, 7) is 7.97. The number of carbonyl (C=O) groups is 1. The van der Waals surface area contributed by atoms with Gasteiger partial charge in [0.2, 0.25) is 0 Å². The first-order valence-corrected chi connectivity index (χ1v) is 12.7. The molecule has 0 bridgehead atoms. The summed E-state index contributed by atoms with van der Waals surface area (Å²) in [4.78, 5) is 18.9. The van der Waals surface area contributed by atoms with Crippen LogP contribution in [0, 0.1) is 0 Å². The summed E-state index contributed by atoms with van der Waals surface area (Å²) >= 11 is 0. The van der Waals surface area contributed by atoms with Crippen molar-refractivity contribution in [2.75, 3.05) is 37.7 Å². The van der Waals surface area contributed by atoms with Crippen LogP contribution in [-0.4, -0.2) is 49.1 Å². The van der Waals surface area contributed by atoms with Crippen molar-refractivity contribution in [2.24, 2.45) is 0 Å². The predicted molar refractivity (Wildman–Crippen MR) is 140 cm³/mol. The van der Waals surface area contributed by atoms with Crippen molar-refractivity contribution in [3.8, 4) is 11.5 Å². The molecule has 5 nitrogen and oxygen atoms in total. The van der Waals surface area contributed by atoms with Gasteiger partial charge in [-0.05, 0) is 55.7 Å². The lowest BCUT2D eigenvalue weighted by Gasteiger charge is -2.42. The number of morpholine rings is 1. The molecule has 182 valence electrons. The lowest BCUT2D eigenvalue weighted by atomic mass is 9.83. The zero-order valence-corrected chi connectivity index (χ0v) is 20.7. The summed E-state index contributed by atoms with van der Waals surface area (Å²) in [6.07, 6.45) is 2.81. The minimum Gasteiger partial charge on any atom is -0.453 e. The van der Waals surface area contributed by atoms with Gasteiger partial charge in [-0.15, -0.1) is 0 Å². The van der Waals surface area contributed by atoms with Crippen LogP contribution in [0.25, 0.3) is 0 Å². The summed E-state index contributed by atoms with van der Waals surface area (Å²) in [6, 6.07) is 24.4. The number of anilines is 2. The van der Waals surface area contributed by atoms with Crippen molar-refractivity contribution in [1.29, 1.82) is 0 Å². The van der Waals surface area contributed by atoms with E-state index >= 15 is 0 Å². The molecular weight excluding hydrogens is 436 g/mol. The molecule has 0 radical (unpaired) electrons. The van der Waals surface area contributed by atoms with E-state index in [-0.39, 0.29) is 5.78 Å². The topological polar surface area (TPSA) is 42.0 Å². The molecule has 1 fully saturated rings. The van der Waals surface area contributed by atoms with Gasteiger partial charge in [0.1, 0.15) is 0 Å². The van der Waals surface area contributed by atoms with Crippen molar-refractivity contribution >= 4 is 17.2 Å². The number of ketones is 1. The molecule has 35 heavy (non-hydrogen) atoms. The van der Waals surface area contributed by atoms with Gasteiger partial charge in [-0.25, -0.2) is 0 Å². The van der Waals surface area contributed by atoms with Gasteiger partial charge in [0.25, 0.3) is 0 Å². The summed E-state index contributed by atoms with van der Waals surface area (Å²) in [5.74, 6) is 1.80. The quantitative estimate of drug-likeness (QED) is 0.364. The van der Waals surface area contributed by atoms with Crippen LogP contribution >= 0.6 is 0 Å². The van der Waals surface area contributed by atoms with Gasteiger partial charge < -0.3 is 14.4 Å². The van der Waals surface area contributed by atoms with Crippen molar-refractivity contribution in [2.45, 2.75) is 38.6 Å². The van der Waals surface area contributed by atoms with Crippen molar-refractivity contribution < 1.29 is 14.3 Å². The second kappa shape index (κ2) is 10.2. The van der Waals surface area contributed by atoms with Crippen molar-refractivity contribution in [3.63, 3.8) is 0 Å². The molecule has 5 rings (SSSR count). The number of unbranched alkanes of at least 4 members (excludes halogenated alkanes) is 1. The summed E-state index contributed by atoms with van der Waals surface area (Å²) in [5.41, 5.74) is 3.24. The molecule has 0 aliphatic carbocycles. The van der Waals surface area contributed by atoms with Gasteiger partial charge in [0, 0.05) is 25.2 Å². The molecule has 0 aromatic heterocycles. The molecule has 0 amide bonds. The summed E-state index contributed by atoms with van der Waals surface area (Å²) < 4.78 is 11.9. The first kappa shape index (κ1) is 23.6. The first-order valence-electron chi connectivity index (χ1n) is 12.7. The van der Waals surface area contributed by atoms with E-state index in [4.69, 9.17) is 9.47 Å². The van der Waals surface area contributed by atoms with Crippen molar-refractivity contribution in [3.05, 3.63) is 83.9 Å². The van der Waals surface area contributed by atoms with E-state index < -0.39 is 5.54 Å². The molecule has 5 heteroatoms. The molecule has 2 aliphatic heterocycles. The van der Waals surface area contributed by atoms with Crippen LogP contribution in [0.3, 0.4) is 0 Å². The van der Waals surface area contributed by atoms with Gasteiger partial charge in [0.15, 0.2) is 17.3 Å². The highest BCUT2D eigenvalue weighted by Crippen LogP contribution is 2.47. The molecule has 3 aromatic rings. The Hall–Kier alpha value is -3.15. The first-order chi connectivity index (χ1) is 17.1. The number of nitrogens with zero attached hydrogens (tertiary/aromatic N) is 2. The number of benzene rings is 3. The number of Topliss-reactive ketones (excluding diaryl/α,β-unsaturated/α-hetero) is 1. The van der Waals surface area contributed by atoms with Crippen LogP contribution in [0.4, 0.5) is 11.4 Å². The fourth-order valence-corrected chi connectivity index (χ4v) is 5.22. The Bertz CT molecular complexity index is 1170. The highest BCUT2D eigenvalue weighted by atomic mass is 16.5. The van der Waals surface area contributed by atoms with Gasteiger partial charge in [-0.3, -0.25) is 9.69 Å². The maximum atomic E-state index is 14.3. The van der Waals surface area contributed by atoms with Crippen LogP contribution < -0.4 is 9.64 Å². The van der Waals surface area contributed by atoms with E-state index in [1.54, 1.807) is 0 Å². The Morgan fingerprint density at radius 1 is 0.914 bits per heavy atom. The normalized spacial score (nSPS) is 17.1. The highest BCUT2D eigenvalue weighted by molar-refractivity contribution is 6.04. The van der Waals surface area contributed by atoms with Crippen molar-refractivity contribution in [1.82, 2.24) is 4.90 Å². The summed E-state index contributed by atoms with van der Waals surface area (Å²) in [5, 5.41) is 0. The Balaban J connectivity index is 1.52. The number of hydrogen-bond acceptors (Lipinski definition) is 5. The Morgan fingerprint density at radius 3 is 2.40 bits per heavy atom. The Labute approximate surface area is 208 Å². The molecule has 0 saturated carbocycles. The Kier molecular flexibility index (Phi) is 6.89. The zero-order valence-electron chi connectivity index (χ0n) is 20.7. The number of fused-ring (bicyclic) bond motifs is 2. The second-order valence-electron chi connectivity index (χ2n) is 9.62. The number of carbonyl (C=O) groups excluding carboxylic acids is 1. The van der Waals surface area contributed by atoms with Gasteiger partial charge in [-0.2, -0.15) is 0 Å². The monoisotopic (exact) mass is 470 g/mol. The van der Waals surface area contributed by atoms with Crippen LogP contribution in [0.15, 0.2) is 72.8 Å². The van der Waals surface area contributed by atoms with Crippen LogP contribution in [0.1, 0.15) is 42.6 Å². The van der Waals surface area contributed by atoms with E-state index in [1.165, 1.54) is 0 Å². The lowest BCUT2D eigenvalue weighted by Crippen LogP contribution is -2.57. The number of ether oxygens (including phenoxy) is 2. The maximum Gasteiger partial charge on any atom is 0.183 e. The Morgan fingerprint density at radius 2 is 1.63 bits per heavy atom. The molecule has 3 aromatic carbocycles. The van der Waals surface area contributed by atoms with E-state index in [1.807, 2.05) is 54.6 Å². The smallest absolute Gasteiger partial charge is 0.183 e. The minimum absolute atomic E-state index is 0.139. The molecule has 0 N–H and O–H groups in total. The fourth-order valence-electron chi connectivity index (χ4n) is 5.22. The van der Waals surface area contributed by atoms with Gasteiger partial charge in [0.05, 0.1) is 30.1 Å². The fraction of sp³-hybridized carbons (Fsp3) is 0.367.